The first-order chi connectivity index (χ1) is 5.15. The quantitative estimate of drug-likeness (QED) is 0.533. The minimum Gasteiger partial charge on any atom is -0.464 e. The van der Waals surface area contributed by atoms with E-state index in [1.807, 2.05) is 0 Å². The Kier molecular flexibility index (Phi) is 1.72. The summed E-state index contributed by atoms with van der Waals surface area (Å²) in [5.41, 5.74) is 0.124. The van der Waals surface area contributed by atoms with E-state index in [9.17, 15) is 9.59 Å². The van der Waals surface area contributed by atoms with Gasteiger partial charge in [-0.15, -0.1) is 0 Å². The zero-order chi connectivity index (χ0) is 8.43. The Morgan fingerprint density at radius 2 is 2.36 bits per heavy atom. The molecule has 1 N–H and O–H groups in total. The molecule has 58 valence electrons. The number of amides is 2. The van der Waals surface area contributed by atoms with Crippen LogP contribution in [0.5, 0.6) is 0 Å². The summed E-state index contributed by atoms with van der Waals surface area (Å²) < 4.78 is 4.33. The Morgan fingerprint density at radius 1 is 1.73 bits per heavy atom. The molecule has 0 unspecified atom stereocenters. The molecule has 0 bridgehead atoms. The lowest BCUT2D eigenvalue weighted by Crippen LogP contribution is -2.19. The summed E-state index contributed by atoms with van der Waals surface area (Å²) in [5, 5.41) is 2.24. The highest BCUT2D eigenvalue weighted by atomic mass is 16.5. The van der Waals surface area contributed by atoms with Gasteiger partial charge < -0.3 is 10.1 Å². The third kappa shape index (κ3) is 1.26. The molecular weight excluding hydrogens is 148 g/mol. The second-order valence-electron chi connectivity index (χ2n) is 1.86. The van der Waals surface area contributed by atoms with Crippen molar-refractivity contribution in [1.29, 1.82) is 0 Å². The van der Waals surface area contributed by atoms with Gasteiger partial charge in [-0.1, -0.05) is 6.58 Å². The largest absolute Gasteiger partial charge is 0.464 e. The van der Waals surface area contributed by atoms with Gasteiger partial charge >= 0.3 is 12.0 Å². The monoisotopic (exact) mass is 154 g/mol. The van der Waals surface area contributed by atoms with E-state index in [0.29, 0.717) is 0 Å². The van der Waals surface area contributed by atoms with Crippen molar-refractivity contribution in [3.8, 4) is 0 Å². The highest BCUT2D eigenvalue weighted by Crippen LogP contribution is 2.02. The lowest BCUT2D eigenvalue weighted by molar-refractivity contribution is -0.132. The molecule has 1 aliphatic heterocycles. The van der Waals surface area contributed by atoms with Crippen LogP contribution in [-0.2, 0) is 9.53 Å². The van der Waals surface area contributed by atoms with E-state index in [-0.39, 0.29) is 11.4 Å². The van der Waals surface area contributed by atoms with E-state index in [1.54, 1.807) is 0 Å². The average molecular weight is 154 g/mol. The van der Waals surface area contributed by atoms with Crippen LogP contribution in [0.1, 0.15) is 0 Å². The number of nitrogens with zero attached hydrogens (tertiary/aromatic N) is 1. The fourth-order valence-electron chi connectivity index (χ4n) is 0.651. The third-order valence-electron chi connectivity index (χ3n) is 1.14. The number of urea groups is 1. The van der Waals surface area contributed by atoms with Gasteiger partial charge in [-0.25, -0.2) is 9.59 Å². The molecule has 1 aliphatic rings. The summed E-state index contributed by atoms with van der Waals surface area (Å²) in [4.78, 5) is 24.6. The van der Waals surface area contributed by atoms with E-state index in [2.05, 4.69) is 21.6 Å². The van der Waals surface area contributed by atoms with Gasteiger partial charge in [0.15, 0.2) is 5.71 Å². The van der Waals surface area contributed by atoms with Crippen LogP contribution in [0.2, 0.25) is 0 Å². The van der Waals surface area contributed by atoms with Crippen molar-refractivity contribution in [3.05, 3.63) is 12.3 Å². The maximum Gasteiger partial charge on any atom is 0.359 e. The van der Waals surface area contributed by atoms with Crippen molar-refractivity contribution in [2.45, 2.75) is 0 Å². The molecule has 0 saturated carbocycles. The Balaban J connectivity index is 2.88. The highest BCUT2D eigenvalue weighted by Gasteiger charge is 2.24. The second-order valence-corrected chi connectivity index (χ2v) is 1.86. The Hall–Kier alpha value is -1.65. The molecule has 1 rings (SSSR count). The standard InChI is InChI=1S/C6H6N2O3/c1-3-4(5(9)11-2)8-6(10)7-3/h1H2,2H3,(H,7,10). The summed E-state index contributed by atoms with van der Waals surface area (Å²) in [6, 6.07) is -0.588. The number of rotatable bonds is 1. The summed E-state index contributed by atoms with van der Waals surface area (Å²) in [6.45, 7) is 3.39. The fraction of sp³-hybridized carbons (Fsp3) is 0.167. The molecule has 0 aromatic heterocycles. The summed E-state index contributed by atoms with van der Waals surface area (Å²) in [7, 11) is 1.21. The maximum absolute atomic E-state index is 10.8. The predicted molar refractivity (Wildman–Crippen MR) is 37.1 cm³/mol. The molecule has 5 nitrogen and oxygen atoms in total. The van der Waals surface area contributed by atoms with Gasteiger partial charge in [-0.2, -0.15) is 4.99 Å². The number of nitrogens with one attached hydrogen (secondary N) is 1. The van der Waals surface area contributed by atoms with E-state index < -0.39 is 12.0 Å². The number of esters is 1. The second kappa shape index (κ2) is 2.53. The molecule has 11 heavy (non-hydrogen) atoms. The molecule has 0 aromatic carbocycles. The van der Waals surface area contributed by atoms with Gasteiger partial charge in [0.2, 0.25) is 0 Å². The van der Waals surface area contributed by atoms with Crippen molar-refractivity contribution >= 4 is 17.7 Å². The number of hydrogen-bond acceptors (Lipinski definition) is 3. The molecular formula is C6H6N2O3. The van der Waals surface area contributed by atoms with Crippen LogP contribution in [-0.4, -0.2) is 24.8 Å². The van der Waals surface area contributed by atoms with Gasteiger partial charge in [0.1, 0.15) is 0 Å². The van der Waals surface area contributed by atoms with Crippen molar-refractivity contribution in [2.75, 3.05) is 7.11 Å². The average Bonchev–Trinajstić information content (AvgIpc) is 2.28. The van der Waals surface area contributed by atoms with Crippen LogP contribution >= 0.6 is 0 Å². The van der Waals surface area contributed by atoms with E-state index in [0.717, 1.165) is 0 Å². The molecule has 0 fully saturated rings. The summed E-state index contributed by atoms with van der Waals surface area (Å²) in [6.07, 6.45) is 0. The molecule has 0 aliphatic carbocycles. The number of ether oxygens (including phenoxy) is 1. The normalized spacial score (nSPS) is 15.9. The maximum atomic E-state index is 10.8. The Labute approximate surface area is 62.8 Å². The minimum atomic E-state index is -0.659. The first-order valence-electron chi connectivity index (χ1n) is 2.82. The van der Waals surface area contributed by atoms with Crippen LogP contribution in [0.4, 0.5) is 4.79 Å². The Bertz CT molecular complexity index is 267. The highest BCUT2D eigenvalue weighted by molar-refractivity contribution is 6.46. The van der Waals surface area contributed by atoms with Crippen LogP contribution in [0.25, 0.3) is 0 Å². The third-order valence-corrected chi connectivity index (χ3v) is 1.14. The van der Waals surface area contributed by atoms with Gasteiger partial charge in [0.05, 0.1) is 12.8 Å². The topological polar surface area (TPSA) is 67.8 Å². The van der Waals surface area contributed by atoms with Crippen molar-refractivity contribution < 1.29 is 14.3 Å². The van der Waals surface area contributed by atoms with Crippen LogP contribution in [0.3, 0.4) is 0 Å². The lowest BCUT2D eigenvalue weighted by atomic mass is 10.3. The number of aliphatic imine (C=N–C) groups is 1. The van der Waals surface area contributed by atoms with E-state index >= 15 is 0 Å². The zero-order valence-electron chi connectivity index (χ0n) is 5.88. The first-order valence-corrected chi connectivity index (χ1v) is 2.82. The molecule has 0 atom stereocenters. The SMILES string of the molecule is C=C1NC(=O)N=C1C(=O)OC. The van der Waals surface area contributed by atoms with Gasteiger partial charge in [-0.3, -0.25) is 0 Å². The molecule has 1 heterocycles. The van der Waals surface area contributed by atoms with Crippen LogP contribution in [0.15, 0.2) is 17.3 Å². The van der Waals surface area contributed by atoms with Gasteiger partial charge in [0.25, 0.3) is 0 Å². The zero-order valence-corrected chi connectivity index (χ0v) is 5.88. The summed E-state index contributed by atoms with van der Waals surface area (Å²) in [5.74, 6) is -0.659. The minimum absolute atomic E-state index is 0.0579. The molecule has 2 amide bonds. The van der Waals surface area contributed by atoms with Crippen molar-refractivity contribution in [2.24, 2.45) is 4.99 Å². The van der Waals surface area contributed by atoms with Gasteiger partial charge in [0, 0.05) is 0 Å². The van der Waals surface area contributed by atoms with Crippen LogP contribution < -0.4 is 5.32 Å². The van der Waals surface area contributed by atoms with Gasteiger partial charge in [-0.05, 0) is 0 Å². The Morgan fingerprint density at radius 3 is 2.73 bits per heavy atom. The summed E-state index contributed by atoms with van der Waals surface area (Å²) >= 11 is 0. The number of hydrogen-bond donors (Lipinski definition) is 1. The van der Waals surface area contributed by atoms with Crippen molar-refractivity contribution in [3.63, 3.8) is 0 Å². The fourth-order valence-corrected chi connectivity index (χ4v) is 0.651. The van der Waals surface area contributed by atoms with E-state index in [1.165, 1.54) is 7.11 Å². The van der Waals surface area contributed by atoms with E-state index in [4.69, 9.17) is 0 Å². The van der Waals surface area contributed by atoms with Crippen LogP contribution in [0, 0.1) is 0 Å². The number of carbonyl (C=O) groups is 2. The predicted octanol–water partition coefficient (Wildman–Crippen LogP) is -0.163. The smallest absolute Gasteiger partial charge is 0.359 e. The molecule has 0 aromatic rings. The number of carbonyl (C=O) groups excluding carboxylic acids is 2. The number of methoxy groups -OCH3 is 1. The molecule has 0 radical (unpaired) electrons. The molecule has 5 heteroatoms. The molecule has 0 saturated heterocycles. The molecule has 0 spiro atoms. The van der Waals surface area contributed by atoms with Crippen molar-refractivity contribution in [1.82, 2.24) is 5.32 Å². The lowest BCUT2D eigenvalue weighted by Gasteiger charge is -1.96. The first kappa shape index (κ1) is 7.46.